The van der Waals surface area contributed by atoms with Gasteiger partial charge in [-0.2, -0.15) is 0 Å². The Balaban J connectivity index is 2.56. The van der Waals surface area contributed by atoms with Crippen molar-refractivity contribution in [3.05, 3.63) is 0 Å². The van der Waals surface area contributed by atoms with E-state index < -0.39 is 17.0 Å². The van der Waals surface area contributed by atoms with Crippen molar-refractivity contribution in [1.82, 2.24) is 5.32 Å². The first kappa shape index (κ1) is 15.0. The molecule has 1 aliphatic rings. The van der Waals surface area contributed by atoms with Gasteiger partial charge in [0.05, 0.1) is 11.0 Å². The van der Waals surface area contributed by atoms with Crippen molar-refractivity contribution in [1.29, 1.82) is 0 Å². The van der Waals surface area contributed by atoms with Crippen molar-refractivity contribution in [3.63, 3.8) is 0 Å². The molecule has 3 N–H and O–H groups in total. The zero-order valence-electron chi connectivity index (χ0n) is 11.2. The van der Waals surface area contributed by atoms with Crippen LogP contribution in [0.15, 0.2) is 0 Å². The molecule has 0 aromatic rings. The standard InChI is InChI=1S/C13H23NO4/c1-12(2,18)9-14-10(15)8-13(11(16)17)6-4-3-5-7-13/h18H,3-9H2,1-2H3,(H,14,15)(H,16,17). The highest BCUT2D eigenvalue weighted by Gasteiger charge is 2.41. The van der Waals surface area contributed by atoms with Gasteiger partial charge in [-0.1, -0.05) is 19.3 Å². The van der Waals surface area contributed by atoms with E-state index in [-0.39, 0.29) is 18.9 Å². The molecule has 0 heterocycles. The Kier molecular flexibility index (Phi) is 4.73. The third-order valence-corrected chi connectivity index (χ3v) is 3.48. The lowest BCUT2D eigenvalue weighted by Crippen LogP contribution is -2.43. The summed E-state index contributed by atoms with van der Waals surface area (Å²) in [4.78, 5) is 23.2. The molecule has 0 aliphatic heterocycles. The first-order chi connectivity index (χ1) is 8.25. The average Bonchev–Trinajstić information content (AvgIpc) is 2.26. The van der Waals surface area contributed by atoms with Gasteiger partial charge in [-0.05, 0) is 26.7 Å². The molecule has 1 aliphatic carbocycles. The molecule has 5 nitrogen and oxygen atoms in total. The summed E-state index contributed by atoms with van der Waals surface area (Å²) in [5.74, 6) is -1.16. The second-order valence-electron chi connectivity index (χ2n) is 5.91. The van der Waals surface area contributed by atoms with Gasteiger partial charge in [0.15, 0.2) is 0 Å². The minimum absolute atomic E-state index is 0.0123. The van der Waals surface area contributed by atoms with Crippen molar-refractivity contribution in [2.45, 2.75) is 58.0 Å². The molecule has 5 heteroatoms. The Bertz CT molecular complexity index is 313. The van der Waals surface area contributed by atoms with Crippen LogP contribution >= 0.6 is 0 Å². The van der Waals surface area contributed by atoms with Crippen LogP contribution in [0, 0.1) is 5.41 Å². The fraction of sp³-hybridized carbons (Fsp3) is 0.846. The van der Waals surface area contributed by atoms with Crippen LogP contribution in [0.4, 0.5) is 0 Å². The quantitative estimate of drug-likeness (QED) is 0.693. The Morgan fingerprint density at radius 1 is 1.22 bits per heavy atom. The van der Waals surface area contributed by atoms with Crippen LogP contribution in [-0.4, -0.2) is 34.2 Å². The smallest absolute Gasteiger partial charge is 0.310 e. The van der Waals surface area contributed by atoms with E-state index in [1.54, 1.807) is 13.8 Å². The molecular weight excluding hydrogens is 234 g/mol. The van der Waals surface area contributed by atoms with Crippen molar-refractivity contribution in [2.75, 3.05) is 6.54 Å². The lowest BCUT2D eigenvalue weighted by atomic mass is 9.71. The summed E-state index contributed by atoms with van der Waals surface area (Å²) in [5.41, 5.74) is -1.87. The Morgan fingerprint density at radius 2 is 1.78 bits per heavy atom. The lowest BCUT2D eigenvalue weighted by Gasteiger charge is -2.32. The molecule has 0 aromatic heterocycles. The topological polar surface area (TPSA) is 86.6 Å². The van der Waals surface area contributed by atoms with Crippen LogP contribution in [0.2, 0.25) is 0 Å². The Labute approximate surface area is 108 Å². The van der Waals surface area contributed by atoms with Crippen LogP contribution in [0.5, 0.6) is 0 Å². The molecule has 0 aromatic carbocycles. The minimum atomic E-state index is -0.974. The summed E-state index contributed by atoms with van der Waals surface area (Å²) in [7, 11) is 0. The minimum Gasteiger partial charge on any atom is -0.481 e. The van der Waals surface area contributed by atoms with E-state index in [1.165, 1.54) is 0 Å². The van der Waals surface area contributed by atoms with E-state index in [0.29, 0.717) is 12.8 Å². The van der Waals surface area contributed by atoms with Gasteiger partial charge in [-0.25, -0.2) is 0 Å². The largest absolute Gasteiger partial charge is 0.481 e. The fourth-order valence-electron chi connectivity index (χ4n) is 2.38. The Morgan fingerprint density at radius 3 is 2.22 bits per heavy atom. The lowest BCUT2D eigenvalue weighted by molar-refractivity contribution is -0.154. The highest BCUT2D eigenvalue weighted by atomic mass is 16.4. The third-order valence-electron chi connectivity index (χ3n) is 3.48. The molecule has 104 valence electrons. The van der Waals surface area contributed by atoms with E-state index >= 15 is 0 Å². The zero-order chi connectivity index (χ0) is 13.8. The van der Waals surface area contributed by atoms with E-state index in [4.69, 9.17) is 0 Å². The van der Waals surface area contributed by atoms with Gasteiger partial charge >= 0.3 is 5.97 Å². The van der Waals surface area contributed by atoms with Gasteiger partial charge in [0.1, 0.15) is 0 Å². The van der Waals surface area contributed by atoms with Crippen LogP contribution < -0.4 is 5.32 Å². The number of carbonyl (C=O) groups excluding carboxylic acids is 1. The molecule has 1 amide bonds. The van der Waals surface area contributed by atoms with Gasteiger partial charge in [0.25, 0.3) is 0 Å². The number of carboxylic acid groups (broad SMARTS) is 1. The zero-order valence-corrected chi connectivity index (χ0v) is 11.2. The van der Waals surface area contributed by atoms with Gasteiger partial charge in [0, 0.05) is 13.0 Å². The number of hydrogen-bond donors (Lipinski definition) is 3. The predicted molar refractivity (Wildman–Crippen MR) is 67.1 cm³/mol. The third kappa shape index (κ3) is 4.29. The number of carboxylic acids is 1. The van der Waals surface area contributed by atoms with Crippen LogP contribution in [0.25, 0.3) is 0 Å². The molecule has 0 bridgehead atoms. The maximum absolute atomic E-state index is 11.8. The monoisotopic (exact) mass is 257 g/mol. The van der Waals surface area contributed by atoms with E-state index in [0.717, 1.165) is 19.3 Å². The molecule has 0 saturated heterocycles. The van der Waals surface area contributed by atoms with Crippen molar-refractivity contribution >= 4 is 11.9 Å². The van der Waals surface area contributed by atoms with Crippen LogP contribution in [-0.2, 0) is 9.59 Å². The summed E-state index contributed by atoms with van der Waals surface area (Å²) in [5, 5.41) is 21.4. The average molecular weight is 257 g/mol. The van der Waals surface area contributed by atoms with Crippen molar-refractivity contribution in [2.24, 2.45) is 5.41 Å². The number of carbonyl (C=O) groups is 2. The summed E-state index contributed by atoms with van der Waals surface area (Å²) < 4.78 is 0. The molecule has 1 fully saturated rings. The highest BCUT2D eigenvalue weighted by Crippen LogP contribution is 2.39. The summed E-state index contributed by atoms with van der Waals surface area (Å²) in [6.45, 7) is 3.34. The van der Waals surface area contributed by atoms with Gasteiger partial charge in [0.2, 0.25) is 5.91 Å². The van der Waals surface area contributed by atoms with E-state index in [1.807, 2.05) is 0 Å². The van der Waals surface area contributed by atoms with Crippen LogP contribution in [0.3, 0.4) is 0 Å². The predicted octanol–water partition coefficient (Wildman–Crippen LogP) is 1.30. The number of amides is 1. The first-order valence-electron chi connectivity index (χ1n) is 6.48. The molecule has 0 unspecified atom stereocenters. The molecule has 0 atom stereocenters. The van der Waals surface area contributed by atoms with Crippen LogP contribution in [0.1, 0.15) is 52.4 Å². The summed E-state index contributed by atoms with van der Waals surface area (Å²) in [6, 6.07) is 0. The maximum atomic E-state index is 11.8. The van der Waals surface area contributed by atoms with E-state index in [9.17, 15) is 19.8 Å². The normalized spacial score (nSPS) is 19.3. The Hall–Kier alpha value is -1.10. The van der Waals surface area contributed by atoms with Gasteiger partial charge < -0.3 is 15.5 Å². The number of aliphatic carboxylic acids is 1. The summed E-state index contributed by atoms with van der Waals surface area (Å²) in [6.07, 6.45) is 3.92. The molecule has 18 heavy (non-hydrogen) atoms. The van der Waals surface area contributed by atoms with E-state index in [2.05, 4.69) is 5.32 Å². The molecule has 0 radical (unpaired) electrons. The summed E-state index contributed by atoms with van der Waals surface area (Å²) >= 11 is 0. The van der Waals surface area contributed by atoms with Gasteiger partial charge in [-0.3, -0.25) is 9.59 Å². The molecule has 0 spiro atoms. The SMILES string of the molecule is CC(C)(O)CNC(=O)CC1(C(=O)O)CCCCC1. The number of aliphatic hydroxyl groups is 1. The number of hydrogen-bond acceptors (Lipinski definition) is 3. The number of rotatable bonds is 5. The van der Waals surface area contributed by atoms with Gasteiger partial charge in [-0.15, -0.1) is 0 Å². The molecular formula is C13H23NO4. The second-order valence-corrected chi connectivity index (χ2v) is 5.91. The second kappa shape index (κ2) is 5.69. The molecule has 1 saturated carbocycles. The first-order valence-corrected chi connectivity index (χ1v) is 6.48. The highest BCUT2D eigenvalue weighted by molar-refractivity contribution is 5.85. The maximum Gasteiger partial charge on any atom is 0.310 e. The molecule has 1 rings (SSSR count). The van der Waals surface area contributed by atoms with Crippen molar-refractivity contribution in [3.8, 4) is 0 Å². The fourth-order valence-corrected chi connectivity index (χ4v) is 2.38. The van der Waals surface area contributed by atoms with Crippen molar-refractivity contribution < 1.29 is 19.8 Å². The number of nitrogens with one attached hydrogen (secondary N) is 1.